The number of nitrogens with zero attached hydrogens (tertiary/aromatic N) is 2. The molecule has 0 amide bonds. The Morgan fingerprint density at radius 1 is 1.41 bits per heavy atom. The van der Waals surface area contributed by atoms with E-state index >= 15 is 0 Å². The number of halogens is 1. The van der Waals surface area contributed by atoms with Crippen molar-refractivity contribution in [2.45, 2.75) is 6.92 Å². The number of hydrogen-bond acceptors (Lipinski definition) is 4. The number of nitrogens with one attached hydrogen (secondary N) is 1. The van der Waals surface area contributed by atoms with Crippen molar-refractivity contribution >= 4 is 5.69 Å². The molecule has 4 nitrogen and oxygen atoms in total. The van der Waals surface area contributed by atoms with Crippen molar-refractivity contribution in [3.63, 3.8) is 0 Å². The van der Waals surface area contributed by atoms with E-state index in [4.69, 9.17) is 15.3 Å². The Balaban J connectivity index is 3.05. The topological polar surface area (TPSA) is 68.8 Å². The lowest BCUT2D eigenvalue weighted by molar-refractivity contribution is 0.411. The monoisotopic (exact) mass is 231 g/mol. The summed E-state index contributed by atoms with van der Waals surface area (Å²) in [4.78, 5) is 0. The van der Waals surface area contributed by atoms with Crippen LogP contribution in [0.2, 0.25) is 0 Å². The molecule has 1 aromatic rings. The summed E-state index contributed by atoms with van der Waals surface area (Å²) < 4.78 is 18.6. The number of anilines is 1. The molecule has 0 aliphatic heterocycles. The zero-order valence-electron chi connectivity index (χ0n) is 9.41. The number of ether oxygens (including phenoxy) is 1. The smallest absolute Gasteiger partial charge is 0.147 e. The highest BCUT2D eigenvalue weighted by Gasteiger charge is 2.06. The highest BCUT2D eigenvalue weighted by atomic mass is 19.1. The predicted molar refractivity (Wildman–Crippen MR) is 60.6 cm³/mol. The summed E-state index contributed by atoms with van der Waals surface area (Å²) in [5.41, 5.74) is 0.680. The summed E-state index contributed by atoms with van der Waals surface area (Å²) in [6, 6.07) is 6.11. The lowest BCUT2D eigenvalue weighted by atomic mass is 10.2. The molecule has 0 fully saturated rings. The fraction of sp³-hybridized carbons (Fsp3) is 0.167. The van der Waals surface area contributed by atoms with Gasteiger partial charge in [0, 0.05) is 12.3 Å². The van der Waals surface area contributed by atoms with Gasteiger partial charge in [-0.1, -0.05) is 0 Å². The van der Waals surface area contributed by atoms with Crippen LogP contribution >= 0.6 is 0 Å². The Hall–Kier alpha value is -2.53. The second-order valence-corrected chi connectivity index (χ2v) is 3.23. The average Bonchev–Trinajstić information content (AvgIpc) is 2.32. The van der Waals surface area contributed by atoms with E-state index in [-0.39, 0.29) is 11.3 Å². The second kappa shape index (κ2) is 5.53. The van der Waals surface area contributed by atoms with Crippen molar-refractivity contribution in [1.29, 1.82) is 10.5 Å². The van der Waals surface area contributed by atoms with Crippen LogP contribution in [0.15, 0.2) is 23.9 Å². The van der Waals surface area contributed by atoms with E-state index < -0.39 is 5.82 Å². The third kappa shape index (κ3) is 2.96. The van der Waals surface area contributed by atoms with Crippen molar-refractivity contribution in [2.24, 2.45) is 0 Å². The van der Waals surface area contributed by atoms with Crippen LogP contribution < -0.4 is 10.1 Å². The van der Waals surface area contributed by atoms with Crippen LogP contribution in [0.3, 0.4) is 0 Å². The van der Waals surface area contributed by atoms with E-state index in [0.717, 1.165) is 6.20 Å². The Morgan fingerprint density at radius 2 is 2.06 bits per heavy atom. The number of rotatable bonds is 3. The largest absolute Gasteiger partial charge is 0.496 e. The van der Waals surface area contributed by atoms with Gasteiger partial charge in [-0.05, 0) is 18.6 Å². The van der Waals surface area contributed by atoms with Gasteiger partial charge in [-0.3, -0.25) is 0 Å². The maximum atomic E-state index is 13.5. The quantitative estimate of drug-likeness (QED) is 0.811. The van der Waals surface area contributed by atoms with E-state index in [2.05, 4.69) is 5.32 Å². The lowest BCUT2D eigenvalue weighted by Gasteiger charge is -2.08. The maximum Gasteiger partial charge on any atom is 0.147 e. The Labute approximate surface area is 98.5 Å². The van der Waals surface area contributed by atoms with Crippen molar-refractivity contribution in [2.75, 3.05) is 12.4 Å². The van der Waals surface area contributed by atoms with Gasteiger partial charge in [-0.15, -0.1) is 0 Å². The number of methoxy groups -OCH3 is 1. The van der Waals surface area contributed by atoms with Gasteiger partial charge in [0.1, 0.15) is 29.3 Å². The number of nitriles is 2. The van der Waals surface area contributed by atoms with E-state index in [1.54, 1.807) is 19.1 Å². The molecule has 0 unspecified atom stereocenters. The molecular formula is C12H10FN3O. The molecule has 0 atom stereocenters. The van der Waals surface area contributed by atoms with Crippen LogP contribution in [0.25, 0.3) is 0 Å². The van der Waals surface area contributed by atoms with Gasteiger partial charge >= 0.3 is 0 Å². The molecule has 1 aromatic carbocycles. The van der Waals surface area contributed by atoms with Gasteiger partial charge < -0.3 is 10.1 Å². The van der Waals surface area contributed by atoms with Gasteiger partial charge in [-0.25, -0.2) is 4.39 Å². The first-order valence-corrected chi connectivity index (χ1v) is 4.73. The zero-order valence-corrected chi connectivity index (χ0v) is 9.41. The first-order valence-electron chi connectivity index (χ1n) is 4.73. The normalized spacial score (nSPS) is 8.76. The minimum Gasteiger partial charge on any atom is -0.496 e. The van der Waals surface area contributed by atoms with Gasteiger partial charge in [0.25, 0.3) is 0 Å². The molecule has 0 saturated heterocycles. The van der Waals surface area contributed by atoms with Gasteiger partial charge in [0.2, 0.25) is 0 Å². The summed E-state index contributed by atoms with van der Waals surface area (Å²) in [5, 5.41) is 19.6. The van der Waals surface area contributed by atoms with Crippen LogP contribution in [0.5, 0.6) is 5.75 Å². The third-order valence-corrected chi connectivity index (χ3v) is 2.10. The molecule has 5 heteroatoms. The van der Waals surface area contributed by atoms with Gasteiger partial charge in [0.05, 0.1) is 12.8 Å². The van der Waals surface area contributed by atoms with E-state index in [0.29, 0.717) is 11.3 Å². The lowest BCUT2D eigenvalue weighted by Crippen LogP contribution is -1.96. The van der Waals surface area contributed by atoms with Gasteiger partial charge in [0.15, 0.2) is 0 Å². The number of hydrogen-bond donors (Lipinski definition) is 1. The van der Waals surface area contributed by atoms with Crippen LogP contribution in [0.1, 0.15) is 5.56 Å². The third-order valence-electron chi connectivity index (χ3n) is 2.10. The van der Waals surface area contributed by atoms with Crippen molar-refractivity contribution in [3.8, 4) is 17.9 Å². The summed E-state index contributed by atoms with van der Waals surface area (Å²) in [6.45, 7) is 1.72. The molecule has 0 aromatic heterocycles. The molecule has 0 radical (unpaired) electrons. The minimum atomic E-state index is -0.477. The molecular weight excluding hydrogens is 221 g/mol. The van der Waals surface area contributed by atoms with Gasteiger partial charge in [-0.2, -0.15) is 10.5 Å². The first-order chi connectivity index (χ1) is 8.12. The zero-order chi connectivity index (χ0) is 12.8. The predicted octanol–water partition coefficient (Wildman–Crippen LogP) is 2.49. The molecule has 0 heterocycles. The number of allylic oxidation sites excluding steroid dienone is 1. The summed E-state index contributed by atoms with van der Waals surface area (Å²) in [5.74, 6) is 0.0487. The van der Waals surface area contributed by atoms with Crippen LogP contribution in [-0.4, -0.2) is 7.11 Å². The fourth-order valence-corrected chi connectivity index (χ4v) is 1.22. The Bertz CT molecular complexity index is 522. The molecule has 0 spiro atoms. The van der Waals surface area contributed by atoms with Crippen LogP contribution in [0, 0.1) is 35.4 Å². The summed E-state index contributed by atoms with van der Waals surface area (Å²) in [7, 11) is 1.48. The van der Waals surface area contributed by atoms with Crippen molar-refractivity contribution < 1.29 is 9.13 Å². The minimum absolute atomic E-state index is 0.135. The van der Waals surface area contributed by atoms with E-state index in [1.165, 1.54) is 19.2 Å². The summed E-state index contributed by atoms with van der Waals surface area (Å²) in [6.07, 6.45) is 1.15. The molecule has 1 N–H and O–H groups in total. The fourth-order valence-electron chi connectivity index (χ4n) is 1.22. The molecule has 86 valence electrons. The average molecular weight is 231 g/mol. The molecule has 0 saturated carbocycles. The Morgan fingerprint density at radius 3 is 2.59 bits per heavy atom. The number of benzene rings is 1. The summed E-state index contributed by atoms with van der Waals surface area (Å²) >= 11 is 0. The van der Waals surface area contributed by atoms with Crippen LogP contribution in [0.4, 0.5) is 10.1 Å². The van der Waals surface area contributed by atoms with E-state index in [1.807, 2.05) is 0 Å². The number of aryl methyl sites for hydroxylation is 1. The Kier molecular flexibility index (Phi) is 4.08. The molecule has 0 bridgehead atoms. The second-order valence-electron chi connectivity index (χ2n) is 3.23. The highest BCUT2D eigenvalue weighted by molar-refractivity contribution is 5.55. The SMILES string of the molecule is COc1cc(NC=C(C#N)C#N)c(F)cc1C. The van der Waals surface area contributed by atoms with Crippen molar-refractivity contribution in [3.05, 3.63) is 35.3 Å². The molecule has 0 aliphatic carbocycles. The highest BCUT2D eigenvalue weighted by Crippen LogP contribution is 2.25. The van der Waals surface area contributed by atoms with Crippen molar-refractivity contribution in [1.82, 2.24) is 0 Å². The maximum absolute atomic E-state index is 13.5. The molecule has 1 rings (SSSR count). The first kappa shape index (κ1) is 12.5. The van der Waals surface area contributed by atoms with E-state index in [9.17, 15) is 4.39 Å². The van der Waals surface area contributed by atoms with Crippen LogP contribution in [-0.2, 0) is 0 Å². The standard InChI is InChI=1S/C12H10FN3O/c1-8-3-10(13)11(4-12(8)17-2)16-7-9(5-14)6-15/h3-4,7,16H,1-2H3. The molecule has 0 aliphatic rings. The molecule has 17 heavy (non-hydrogen) atoms.